The molecule has 3 nitrogen and oxygen atoms in total. The van der Waals surface area contributed by atoms with Crippen LogP contribution < -0.4 is 5.73 Å². The van der Waals surface area contributed by atoms with E-state index in [0.717, 1.165) is 35.3 Å². The Morgan fingerprint density at radius 1 is 1.24 bits per heavy atom. The van der Waals surface area contributed by atoms with Crippen molar-refractivity contribution in [2.24, 2.45) is 5.73 Å². The number of para-hydroxylation sites is 1. The second-order valence-corrected chi connectivity index (χ2v) is 5.09. The first-order valence-corrected chi connectivity index (χ1v) is 6.11. The molecule has 1 heterocycles. The zero-order chi connectivity index (χ0) is 12.0. The van der Waals surface area contributed by atoms with Crippen LogP contribution in [0.1, 0.15) is 29.9 Å². The molecule has 2 aromatic rings. The molecule has 1 aliphatic carbocycles. The Morgan fingerprint density at radius 3 is 2.65 bits per heavy atom. The van der Waals surface area contributed by atoms with Gasteiger partial charge in [-0.25, -0.2) is 9.97 Å². The van der Waals surface area contributed by atoms with Gasteiger partial charge in [-0.2, -0.15) is 0 Å². The van der Waals surface area contributed by atoms with Gasteiger partial charge in [0.1, 0.15) is 5.82 Å². The van der Waals surface area contributed by atoms with E-state index in [1.165, 1.54) is 5.56 Å². The molecule has 0 bridgehead atoms. The van der Waals surface area contributed by atoms with Crippen molar-refractivity contribution in [3.05, 3.63) is 35.3 Å². The summed E-state index contributed by atoms with van der Waals surface area (Å²) in [6.07, 6.45) is 2.25. The summed E-state index contributed by atoms with van der Waals surface area (Å²) < 4.78 is 0. The maximum Gasteiger partial charge on any atom is 0.136 e. The maximum absolute atomic E-state index is 5.85. The fourth-order valence-electron chi connectivity index (χ4n) is 2.36. The third kappa shape index (κ3) is 1.53. The summed E-state index contributed by atoms with van der Waals surface area (Å²) in [5.41, 5.74) is 9.28. The van der Waals surface area contributed by atoms with Crippen molar-refractivity contribution in [3.63, 3.8) is 0 Å². The molecule has 2 N–H and O–H groups in total. The molecule has 0 unspecified atom stereocenters. The number of nitrogens with zero attached hydrogens (tertiary/aromatic N) is 2. The lowest BCUT2D eigenvalue weighted by molar-refractivity contribution is 0.650. The quantitative estimate of drug-likeness (QED) is 0.856. The summed E-state index contributed by atoms with van der Waals surface area (Å²) in [7, 11) is 0. The van der Waals surface area contributed by atoms with Gasteiger partial charge in [0.05, 0.1) is 5.52 Å². The van der Waals surface area contributed by atoms with Gasteiger partial charge >= 0.3 is 0 Å². The summed E-state index contributed by atoms with van der Waals surface area (Å²) in [5.74, 6) is 0.944. The molecule has 1 fully saturated rings. The second-order valence-electron chi connectivity index (χ2n) is 5.09. The number of hydrogen-bond donors (Lipinski definition) is 1. The SMILES string of the molecule is Cc1nc(C2(CN)CC2)nc2c(C)cccc12. The highest BCUT2D eigenvalue weighted by Gasteiger charge is 2.46. The lowest BCUT2D eigenvalue weighted by atomic mass is 10.0. The van der Waals surface area contributed by atoms with E-state index >= 15 is 0 Å². The molecule has 0 radical (unpaired) electrons. The van der Waals surface area contributed by atoms with Gasteiger partial charge in [-0.1, -0.05) is 18.2 Å². The number of aromatic nitrogens is 2. The van der Waals surface area contributed by atoms with Crippen LogP contribution in [-0.2, 0) is 5.41 Å². The molecule has 1 aromatic carbocycles. The highest BCUT2D eigenvalue weighted by Crippen LogP contribution is 2.46. The number of nitrogens with two attached hydrogens (primary N) is 1. The van der Waals surface area contributed by atoms with Crippen LogP contribution in [0.4, 0.5) is 0 Å². The van der Waals surface area contributed by atoms with Crippen LogP contribution in [0.3, 0.4) is 0 Å². The van der Waals surface area contributed by atoms with Crippen molar-refractivity contribution in [2.45, 2.75) is 32.1 Å². The Balaban J connectivity index is 2.27. The summed E-state index contributed by atoms with van der Waals surface area (Å²) >= 11 is 0. The molecule has 0 spiro atoms. The van der Waals surface area contributed by atoms with Gasteiger partial charge in [-0.3, -0.25) is 0 Å². The average Bonchev–Trinajstić information content (AvgIpc) is 3.11. The topological polar surface area (TPSA) is 51.8 Å². The van der Waals surface area contributed by atoms with Crippen LogP contribution >= 0.6 is 0 Å². The normalized spacial score (nSPS) is 17.4. The molecule has 1 aromatic heterocycles. The zero-order valence-electron chi connectivity index (χ0n) is 10.3. The third-order valence-electron chi connectivity index (χ3n) is 3.84. The van der Waals surface area contributed by atoms with E-state index in [2.05, 4.69) is 37.0 Å². The van der Waals surface area contributed by atoms with Gasteiger partial charge in [0, 0.05) is 23.0 Å². The van der Waals surface area contributed by atoms with Gasteiger partial charge in [0.25, 0.3) is 0 Å². The molecule has 1 saturated carbocycles. The fourth-order valence-corrected chi connectivity index (χ4v) is 2.36. The van der Waals surface area contributed by atoms with Crippen LogP contribution in [0, 0.1) is 13.8 Å². The van der Waals surface area contributed by atoms with E-state index in [1.807, 2.05) is 0 Å². The molecule has 0 aliphatic heterocycles. The molecule has 3 rings (SSSR count). The monoisotopic (exact) mass is 227 g/mol. The van der Waals surface area contributed by atoms with Crippen LogP contribution in [0.5, 0.6) is 0 Å². The molecular formula is C14H17N3. The molecule has 3 heteroatoms. The van der Waals surface area contributed by atoms with Crippen LogP contribution in [0.25, 0.3) is 10.9 Å². The van der Waals surface area contributed by atoms with E-state index < -0.39 is 0 Å². The van der Waals surface area contributed by atoms with Crippen molar-refractivity contribution in [1.29, 1.82) is 0 Å². The molecule has 88 valence electrons. The Bertz CT molecular complexity index is 585. The number of fused-ring (bicyclic) bond motifs is 1. The maximum atomic E-state index is 5.85. The van der Waals surface area contributed by atoms with E-state index in [0.29, 0.717) is 6.54 Å². The first kappa shape index (κ1) is 10.7. The molecule has 0 amide bonds. The number of hydrogen-bond acceptors (Lipinski definition) is 3. The summed E-state index contributed by atoms with van der Waals surface area (Å²) in [4.78, 5) is 9.41. The minimum absolute atomic E-state index is 0.0707. The summed E-state index contributed by atoms with van der Waals surface area (Å²) in [6.45, 7) is 4.81. The smallest absolute Gasteiger partial charge is 0.136 e. The van der Waals surface area contributed by atoms with E-state index in [9.17, 15) is 0 Å². The first-order chi connectivity index (χ1) is 8.16. The van der Waals surface area contributed by atoms with E-state index in [4.69, 9.17) is 10.7 Å². The highest BCUT2D eigenvalue weighted by atomic mass is 14.9. The Kier molecular flexibility index (Phi) is 2.20. The van der Waals surface area contributed by atoms with Crippen LogP contribution in [0.2, 0.25) is 0 Å². The minimum Gasteiger partial charge on any atom is -0.329 e. The zero-order valence-corrected chi connectivity index (χ0v) is 10.3. The third-order valence-corrected chi connectivity index (χ3v) is 3.84. The standard InChI is InChI=1S/C14H17N3/c1-9-4-3-5-11-10(2)16-13(17-12(9)11)14(8-15)6-7-14/h3-5H,6-8,15H2,1-2H3. The van der Waals surface area contributed by atoms with Crippen molar-refractivity contribution in [1.82, 2.24) is 9.97 Å². The molecule has 0 saturated heterocycles. The largest absolute Gasteiger partial charge is 0.329 e. The lowest BCUT2D eigenvalue weighted by Crippen LogP contribution is -2.23. The minimum atomic E-state index is 0.0707. The Hall–Kier alpha value is -1.48. The van der Waals surface area contributed by atoms with E-state index in [1.54, 1.807) is 0 Å². The van der Waals surface area contributed by atoms with Gasteiger partial charge in [-0.15, -0.1) is 0 Å². The molecule has 17 heavy (non-hydrogen) atoms. The predicted octanol–water partition coefficient (Wildman–Crippen LogP) is 2.24. The van der Waals surface area contributed by atoms with Crippen LogP contribution in [-0.4, -0.2) is 16.5 Å². The van der Waals surface area contributed by atoms with Gasteiger partial charge in [0.15, 0.2) is 0 Å². The van der Waals surface area contributed by atoms with Gasteiger partial charge in [-0.05, 0) is 32.3 Å². The van der Waals surface area contributed by atoms with Crippen molar-refractivity contribution in [3.8, 4) is 0 Å². The molecule has 0 atom stereocenters. The van der Waals surface area contributed by atoms with Crippen molar-refractivity contribution in [2.75, 3.05) is 6.54 Å². The molecule has 1 aliphatic rings. The second kappa shape index (κ2) is 3.50. The number of benzene rings is 1. The van der Waals surface area contributed by atoms with Crippen molar-refractivity contribution >= 4 is 10.9 Å². The van der Waals surface area contributed by atoms with E-state index in [-0.39, 0.29) is 5.41 Å². The Labute approximate surface area is 101 Å². The lowest BCUT2D eigenvalue weighted by Gasteiger charge is -2.13. The first-order valence-electron chi connectivity index (χ1n) is 6.11. The van der Waals surface area contributed by atoms with Crippen LogP contribution in [0.15, 0.2) is 18.2 Å². The predicted molar refractivity (Wildman–Crippen MR) is 69.0 cm³/mol. The summed E-state index contributed by atoms with van der Waals surface area (Å²) in [6, 6.07) is 6.24. The summed E-state index contributed by atoms with van der Waals surface area (Å²) in [5, 5.41) is 1.15. The average molecular weight is 227 g/mol. The number of aryl methyl sites for hydroxylation is 2. The fraction of sp³-hybridized carbons (Fsp3) is 0.429. The molecular weight excluding hydrogens is 210 g/mol. The van der Waals surface area contributed by atoms with Crippen molar-refractivity contribution < 1.29 is 0 Å². The van der Waals surface area contributed by atoms with Gasteiger partial charge in [0.2, 0.25) is 0 Å². The number of rotatable bonds is 2. The Morgan fingerprint density at radius 2 is 2.00 bits per heavy atom. The highest BCUT2D eigenvalue weighted by molar-refractivity contribution is 5.83. The van der Waals surface area contributed by atoms with Gasteiger partial charge < -0.3 is 5.73 Å².